The summed E-state index contributed by atoms with van der Waals surface area (Å²) < 4.78 is 5.52. The molecule has 0 radical (unpaired) electrons. The van der Waals surface area contributed by atoms with Crippen molar-refractivity contribution in [2.24, 2.45) is 5.73 Å². The summed E-state index contributed by atoms with van der Waals surface area (Å²) >= 11 is 0. The summed E-state index contributed by atoms with van der Waals surface area (Å²) in [6.07, 6.45) is 0. The first-order valence-electron chi connectivity index (χ1n) is 5.41. The van der Waals surface area contributed by atoms with E-state index in [4.69, 9.17) is 10.5 Å². The standard InChI is InChI=1S/C12H16N2O2.ClH/c1-8(2)14-10-5-3-4-6-11(10)16-7-9(13)12(14)15;/h3-6,8-9H,7,13H2,1-2H3;1H/t9-;/m0./s1. The molecule has 2 rings (SSSR count). The molecule has 0 aliphatic carbocycles. The fourth-order valence-corrected chi connectivity index (χ4v) is 1.86. The van der Waals surface area contributed by atoms with Gasteiger partial charge in [0.05, 0.1) is 5.69 Å². The van der Waals surface area contributed by atoms with Crippen LogP contribution in [0.5, 0.6) is 5.75 Å². The first-order valence-corrected chi connectivity index (χ1v) is 5.41. The van der Waals surface area contributed by atoms with Crippen molar-refractivity contribution in [3.05, 3.63) is 24.3 Å². The molecule has 94 valence electrons. The van der Waals surface area contributed by atoms with Gasteiger partial charge in [0, 0.05) is 6.04 Å². The van der Waals surface area contributed by atoms with Gasteiger partial charge in [-0.3, -0.25) is 4.79 Å². The molecule has 17 heavy (non-hydrogen) atoms. The number of carbonyl (C=O) groups excluding carboxylic acids is 1. The molecule has 0 saturated carbocycles. The summed E-state index contributed by atoms with van der Waals surface area (Å²) in [5, 5.41) is 0. The van der Waals surface area contributed by atoms with Crippen molar-refractivity contribution in [2.75, 3.05) is 11.5 Å². The number of hydrogen-bond acceptors (Lipinski definition) is 3. The Hall–Kier alpha value is -1.26. The second-order valence-electron chi connectivity index (χ2n) is 4.19. The molecule has 1 aliphatic rings. The summed E-state index contributed by atoms with van der Waals surface area (Å²) in [6.45, 7) is 4.17. The minimum absolute atomic E-state index is 0. The third-order valence-corrected chi connectivity index (χ3v) is 2.61. The number of carbonyl (C=O) groups is 1. The Balaban J connectivity index is 0.00000144. The number of hydrogen-bond donors (Lipinski definition) is 1. The van der Waals surface area contributed by atoms with Crippen LogP contribution in [0.15, 0.2) is 24.3 Å². The van der Waals surface area contributed by atoms with E-state index >= 15 is 0 Å². The monoisotopic (exact) mass is 256 g/mol. The fraction of sp³-hybridized carbons (Fsp3) is 0.417. The third kappa shape index (κ3) is 2.53. The summed E-state index contributed by atoms with van der Waals surface area (Å²) in [5.74, 6) is 0.637. The minimum atomic E-state index is -0.588. The summed E-state index contributed by atoms with van der Waals surface area (Å²) in [6, 6.07) is 7.00. The van der Waals surface area contributed by atoms with Crippen molar-refractivity contribution in [3.63, 3.8) is 0 Å². The molecule has 2 N–H and O–H groups in total. The minimum Gasteiger partial charge on any atom is -0.489 e. The molecule has 1 heterocycles. The van der Waals surface area contributed by atoms with E-state index in [-0.39, 0.29) is 31.0 Å². The molecule has 1 aromatic carbocycles. The van der Waals surface area contributed by atoms with E-state index in [1.54, 1.807) is 4.90 Å². The van der Waals surface area contributed by atoms with Crippen LogP contribution in [0.25, 0.3) is 0 Å². The van der Waals surface area contributed by atoms with Gasteiger partial charge in [0.1, 0.15) is 18.4 Å². The Kier molecular flexibility index (Phi) is 4.37. The number of para-hydroxylation sites is 2. The number of amides is 1. The van der Waals surface area contributed by atoms with Crippen LogP contribution in [0.2, 0.25) is 0 Å². The highest BCUT2D eigenvalue weighted by molar-refractivity contribution is 5.99. The average molecular weight is 257 g/mol. The van der Waals surface area contributed by atoms with Crippen molar-refractivity contribution in [1.29, 1.82) is 0 Å². The SMILES string of the molecule is CC(C)N1C(=O)[C@@H](N)COc2ccccc21.Cl. The molecule has 0 spiro atoms. The zero-order chi connectivity index (χ0) is 11.7. The number of ether oxygens (including phenoxy) is 1. The van der Waals surface area contributed by atoms with Crippen molar-refractivity contribution < 1.29 is 9.53 Å². The van der Waals surface area contributed by atoms with Crippen LogP contribution in [-0.4, -0.2) is 24.6 Å². The van der Waals surface area contributed by atoms with Crippen molar-refractivity contribution in [3.8, 4) is 5.75 Å². The van der Waals surface area contributed by atoms with Gasteiger partial charge in [0.15, 0.2) is 0 Å². The van der Waals surface area contributed by atoms with Gasteiger partial charge < -0.3 is 15.4 Å². The first-order chi connectivity index (χ1) is 7.61. The van der Waals surface area contributed by atoms with Crippen LogP contribution < -0.4 is 15.4 Å². The second kappa shape index (κ2) is 5.38. The van der Waals surface area contributed by atoms with Crippen LogP contribution in [-0.2, 0) is 4.79 Å². The van der Waals surface area contributed by atoms with Gasteiger partial charge in [-0.2, -0.15) is 0 Å². The van der Waals surface area contributed by atoms with Crippen LogP contribution >= 0.6 is 12.4 Å². The third-order valence-electron chi connectivity index (χ3n) is 2.61. The number of fused-ring (bicyclic) bond motifs is 1. The lowest BCUT2D eigenvalue weighted by molar-refractivity contribution is -0.120. The molecule has 0 aromatic heterocycles. The Labute approximate surface area is 107 Å². The van der Waals surface area contributed by atoms with Crippen molar-refractivity contribution >= 4 is 24.0 Å². The van der Waals surface area contributed by atoms with Gasteiger partial charge >= 0.3 is 0 Å². The maximum Gasteiger partial charge on any atom is 0.247 e. The first kappa shape index (κ1) is 13.8. The molecular formula is C12H17ClN2O2. The maximum absolute atomic E-state index is 12.1. The van der Waals surface area contributed by atoms with Gasteiger partial charge in [-0.25, -0.2) is 0 Å². The molecule has 5 heteroatoms. The van der Waals surface area contributed by atoms with Gasteiger partial charge in [0.25, 0.3) is 0 Å². The van der Waals surface area contributed by atoms with Gasteiger partial charge in [0.2, 0.25) is 5.91 Å². The van der Waals surface area contributed by atoms with Gasteiger partial charge in [-0.1, -0.05) is 12.1 Å². The van der Waals surface area contributed by atoms with E-state index in [1.807, 2.05) is 38.1 Å². The Bertz CT molecular complexity index is 409. The Morgan fingerprint density at radius 1 is 1.41 bits per heavy atom. The summed E-state index contributed by atoms with van der Waals surface area (Å²) in [5.41, 5.74) is 6.57. The zero-order valence-corrected chi connectivity index (χ0v) is 10.7. The number of nitrogens with zero attached hydrogens (tertiary/aromatic N) is 1. The lowest BCUT2D eigenvalue weighted by atomic mass is 10.2. The topological polar surface area (TPSA) is 55.6 Å². The highest BCUT2D eigenvalue weighted by Crippen LogP contribution is 2.31. The van der Waals surface area contributed by atoms with E-state index in [0.29, 0.717) is 0 Å². The summed E-state index contributed by atoms with van der Waals surface area (Å²) in [4.78, 5) is 13.8. The molecule has 0 bridgehead atoms. The number of rotatable bonds is 1. The van der Waals surface area contributed by atoms with E-state index in [0.717, 1.165) is 11.4 Å². The molecule has 1 aliphatic heterocycles. The number of benzene rings is 1. The molecule has 4 nitrogen and oxygen atoms in total. The van der Waals surface area contributed by atoms with E-state index in [1.165, 1.54) is 0 Å². The second-order valence-corrected chi connectivity index (χ2v) is 4.19. The van der Waals surface area contributed by atoms with E-state index < -0.39 is 6.04 Å². The molecular weight excluding hydrogens is 240 g/mol. The van der Waals surface area contributed by atoms with Gasteiger partial charge in [-0.05, 0) is 26.0 Å². The quantitative estimate of drug-likeness (QED) is 0.830. The van der Waals surface area contributed by atoms with Crippen molar-refractivity contribution in [1.82, 2.24) is 0 Å². The van der Waals surface area contributed by atoms with E-state index in [9.17, 15) is 4.79 Å². The van der Waals surface area contributed by atoms with Crippen LogP contribution in [0.4, 0.5) is 5.69 Å². The maximum atomic E-state index is 12.1. The zero-order valence-electron chi connectivity index (χ0n) is 9.92. The Morgan fingerprint density at radius 3 is 2.71 bits per heavy atom. The molecule has 0 unspecified atom stereocenters. The van der Waals surface area contributed by atoms with Crippen LogP contribution in [0.3, 0.4) is 0 Å². The largest absolute Gasteiger partial charge is 0.489 e. The smallest absolute Gasteiger partial charge is 0.247 e. The Morgan fingerprint density at radius 2 is 2.06 bits per heavy atom. The normalized spacial score (nSPS) is 19.2. The predicted octanol–water partition coefficient (Wildman–Crippen LogP) is 1.57. The van der Waals surface area contributed by atoms with Crippen molar-refractivity contribution in [2.45, 2.75) is 25.9 Å². The number of anilines is 1. The van der Waals surface area contributed by atoms with Crippen LogP contribution in [0, 0.1) is 0 Å². The molecule has 0 fully saturated rings. The lowest BCUT2D eigenvalue weighted by Crippen LogP contribution is -2.48. The lowest BCUT2D eigenvalue weighted by Gasteiger charge is -2.27. The number of nitrogens with two attached hydrogens (primary N) is 1. The van der Waals surface area contributed by atoms with Crippen LogP contribution in [0.1, 0.15) is 13.8 Å². The number of halogens is 1. The molecule has 1 atom stereocenters. The summed E-state index contributed by atoms with van der Waals surface area (Å²) in [7, 11) is 0. The molecule has 0 saturated heterocycles. The van der Waals surface area contributed by atoms with E-state index in [2.05, 4.69) is 0 Å². The van der Waals surface area contributed by atoms with Gasteiger partial charge in [-0.15, -0.1) is 12.4 Å². The fourth-order valence-electron chi connectivity index (χ4n) is 1.86. The average Bonchev–Trinajstić information content (AvgIpc) is 2.38. The molecule has 1 amide bonds. The molecule has 1 aromatic rings. The highest BCUT2D eigenvalue weighted by atomic mass is 35.5. The highest BCUT2D eigenvalue weighted by Gasteiger charge is 2.30. The predicted molar refractivity (Wildman–Crippen MR) is 69.8 cm³/mol.